The van der Waals surface area contributed by atoms with E-state index < -0.39 is 47.7 Å². The Morgan fingerprint density at radius 3 is 2.14 bits per heavy atom. The first kappa shape index (κ1) is 28.6. The molecule has 0 aliphatic rings. The Balaban J connectivity index is 2.45. The van der Waals surface area contributed by atoms with Crippen LogP contribution in [0.1, 0.15) is 58.7 Å². The van der Waals surface area contributed by atoms with Crippen molar-refractivity contribution in [2.45, 2.75) is 71.3 Å². The minimum Gasteiger partial charge on any atom is -0.508 e. The first-order valence-electron chi connectivity index (χ1n) is 11.8. The summed E-state index contributed by atoms with van der Waals surface area (Å²) in [7, 11) is 0. The lowest BCUT2D eigenvalue weighted by atomic mass is 9.95. The fraction of sp³-hybridized carbons (Fsp3) is 0.444. The third kappa shape index (κ3) is 8.27. The topological polar surface area (TPSA) is 128 Å². The smallest absolute Gasteiger partial charge is 0.408 e. The van der Waals surface area contributed by atoms with E-state index in [0.717, 1.165) is 5.56 Å². The summed E-state index contributed by atoms with van der Waals surface area (Å²) in [4.78, 5) is 41.0. The van der Waals surface area contributed by atoms with Crippen LogP contribution in [0.3, 0.4) is 0 Å². The zero-order valence-electron chi connectivity index (χ0n) is 21.7. The number of benzene rings is 2. The molecule has 4 N–H and O–H groups in total. The first-order valence-corrected chi connectivity index (χ1v) is 11.8. The van der Waals surface area contributed by atoms with Crippen molar-refractivity contribution in [1.82, 2.24) is 15.5 Å². The van der Waals surface area contributed by atoms with E-state index in [1.807, 2.05) is 30.3 Å². The van der Waals surface area contributed by atoms with E-state index in [4.69, 9.17) is 4.74 Å². The number of aliphatic hydroxyl groups excluding tert-OH is 1. The second-order valence-electron chi connectivity index (χ2n) is 10.5. The number of hydrogen-bond acceptors (Lipinski definition) is 6. The van der Waals surface area contributed by atoms with Crippen LogP contribution in [0.25, 0.3) is 0 Å². The van der Waals surface area contributed by atoms with Gasteiger partial charge in [-0.1, -0.05) is 42.5 Å². The van der Waals surface area contributed by atoms with Gasteiger partial charge in [0.05, 0.1) is 6.61 Å². The summed E-state index contributed by atoms with van der Waals surface area (Å²) in [6, 6.07) is 12.9. The Bertz CT molecular complexity index is 1040. The number of rotatable bonds is 8. The molecular formula is C27H37N3O6. The molecule has 9 heteroatoms. The summed E-state index contributed by atoms with van der Waals surface area (Å²) >= 11 is 0. The summed E-state index contributed by atoms with van der Waals surface area (Å²) in [5.74, 6) is -1.24. The van der Waals surface area contributed by atoms with Gasteiger partial charge >= 0.3 is 6.09 Å². The monoisotopic (exact) mass is 499 g/mol. The van der Waals surface area contributed by atoms with Crippen molar-refractivity contribution < 1.29 is 29.3 Å². The predicted molar refractivity (Wildman–Crippen MR) is 136 cm³/mol. The molecular weight excluding hydrogens is 462 g/mol. The van der Waals surface area contributed by atoms with Gasteiger partial charge < -0.3 is 30.5 Å². The molecule has 36 heavy (non-hydrogen) atoms. The number of phenols is 1. The number of hydrogen-bond donors (Lipinski definition) is 4. The van der Waals surface area contributed by atoms with Gasteiger partial charge in [0, 0.05) is 12.1 Å². The zero-order valence-corrected chi connectivity index (χ0v) is 21.7. The molecule has 0 fully saturated rings. The number of carbonyl (C=O) groups excluding carboxylic acids is 3. The van der Waals surface area contributed by atoms with Crippen molar-refractivity contribution in [2.75, 3.05) is 6.61 Å². The quantitative estimate of drug-likeness (QED) is 0.441. The summed E-state index contributed by atoms with van der Waals surface area (Å²) in [6.45, 7) is 9.79. The Morgan fingerprint density at radius 2 is 1.61 bits per heavy atom. The number of nitrogens with one attached hydrogen (secondary N) is 2. The fourth-order valence-electron chi connectivity index (χ4n) is 3.64. The molecule has 3 amide bonds. The normalized spacial score (nSPS) is 13.3. The lowest BCUT2D eigenvalue weighted by Gasteiger charge is -2.42. The molecule has 2 atom stereocenters. The van der Waals surface area contributed by atoms with Crippen LogP contribution in [-0.4, -0.2) is 56.8 Å². The van der Waals surface area contributed by atoms with Gasteiger partial charge in [0.25, 0.3) is 0 Å². The number of aliphatic hydroxyl groups is 1. The molecule has 0 spiro atoms. The molecule has 2 aromatic rings. The maximum absolute atomic E-state index is 13.8. The molecule has 0 radical (unpaired) electrons. The van der Waals surface area contributed by atoms with Crippen LogP contribution in [0.4, 0.5) is 4.79 Å². The highest BCUT2D eigenvalue weighted by Crippen LogP contribution is 2.31. The average Bonchev–Trinajstić information content (AvgIpc) is 2.77. The van der Waals surface area contributed by atoms with Gasteiger partial charge in [-0.2, -0.15) is 0 Å². The Hall–Kier alpha value is -3.59. The molecule has 0 heterocycles. The fourth-order valence-corrected chi connectivity index (χ4v) is 3.64. The second kappa shape index (κ2) is 11.9. The van der Waals surface area contributed by atoms with Gasteiger partial charge in [-0.3, -0.25) is 9.59 Å². The molecule has 2 unspecified atom stereocenters. The summed E-state index contributed by atoms with van der Waals surface area (Å²) in [6.07, 6.45) is -0.869. The molecule has 9 nitrogen and oxygen atoms in total. The van der Waals surface area contributed by atoms with Gasteiger partial charge in [-0.15, -0.1) is 0 Å². The molecule has 0 aliphatic carbocycles. The van der Waals surface area contributed by atoms with Gasteiger partial charge in [-0.05, 0) is 64.8 Å². The number of phenolic OH excluding ortho intramolecular Hbond substituents is 1. The molecule has 2 aromatic carbocycles. The summed E-state index contributed by atoms with van der Waals surface area (Å²) in [5.41, 5.74) is -0.481. The van der Waals surface area contributed by atoms with E-state index in [0.29, 0.717) is 5.56 Å². The van der Waals surface area contributed by atoms with Crippen LogP contribution >= 0.6 is 0 Å². The minimum absolute atomic E-state index is 0.0692. The maximum Gasteiger partial charge on any atom is 0.408 e. The van der Waals surface area contributed by atoms with Gasteiger partial charge in [0.2, 0.25) is 11.8 Å². The van der Waals surface area contributed by atoms with Crippen LogP contribution < -0.4 is 10.6 Å². The highest BCUT2D eigenvalue weighted by Gasteiger charge is 2.41. The average molecular weight is 500 g/mol. The predicted octanol–water partition coefficient (Wildman–Crippen LogP) is 3.26. The third-order valence-electron chi connectivity index (χ3n) is 5.13. The van der Waals surface area contributed by atoms with E-state index in [2.05, 4.69) is 10.6 Å². The van der Waals surface area contributed by atoms with E-state index in [1.54, 1.807) is 53.7 Å². The maximum atomic E-state index is 13.8. The van der Waals surface area contributed by atoms with E-state index >= 15 is 0 Å². The van der Waals surface area contributed by atoms with Crippen molar-refractivity contribution in [1.29, 1.82) is 0 Å². The standard InChI is InChI=1S/C27H37N3O6/c1-26(2,3)30(24(34)21(17-31)29-25(35)36-27(4,5)6)22(19-13-10-14-20(32)15-19)23(33)28-16-18-11-8-7-9-12-18/h7-15,21-22,31-32H,16-17H2,1-6H3,(H,28,33)(H,29,35). The number of nitrogens with zero attached hydrogens (tertiary/aromatic N) is 1. The molecule has 2 rings (SSSR count). The summed E-state index contributed by atoms with van der Waals surface area (Å²) in [5, 5.41) is 25.4. The number of alkyl carbamates (subject to hydrolysis) is 1. The number of aromatic hydroxyl groups is 1. The van der Waals surface area contributed by atoms with Crippen molar-refractivity contribution in [3.05, 3.63) is 65.7 Å². The van der Waals surface area contributed by atoms with Crippen LogP contribution in [0.15, 0.2) is 54.6 Å². The van der Waals surface area contributed by atoms with Crippen LogP contribution in [-0.2, 0) is 20.9 Å². The van der Waals surface area contributed by atoms with Crippen molar-refractivity contribution in [3.8, 4) is 5.75 Å². The third-order valence-corrected chi connectivity index (χ3v) is 5.13. The second-order valence-corrected chi connectivity index (χ2v) is 10.5. The lowest BCUT2D eigenvalue weighted by molar-refractivity contribution is -0.149. The van der Waals surface area contributed by atoms with Gasteiger partial charge in [-0.25, -0.2) is 4.79 Å². The van der Waals surface area contributed by atoms with Crippen molar-refractivity contribution in [2.24, 2.45) is 0 Å². The Kier molecular flexibility index (Phi) is 9.47. The minimum atomic E-state index is -1.36. The Labute approximate surface area is 212 Å². The summed E-state index contributed by atoms with van der Waals surface area (Å²) < 4.78 is 5.24. The van der Waals surface area contributed by atoms with Crippen LogP contribution in [0, 0.1) is 0 Å². The van der Waals surface area contributed by atoms with Gasteiger partial charge in [0.1, 0.15) is 23.4 Å². The number of ether oxygens (including phenoxy) is 1. The molecule has 196 valence electrons. The Morgan fingerprint density at radius 1 is 0.972 bits per heavy atom. The lowest BCUT2D eigenvalue weighted by Crippen LogP contribution is -2.59. The van der Waals surface area contributed by atoms with E-state index in [-0.39, 0.29) is 12.3 Å². The molecule has 0 bridgehead atoms. The highest BCUT2D eigenvalue weighted by atomic mass is 16.6. The van der Waals surface area contributed by atoms with E-state index in [9.17, 15) is 24.6 Å². The first-order chi connectivity index (χ1) is 16.7. The largest absolute Gasteiger partial charge is 0.508 e. The van der Waals surface area contributed by atoms with Crippen LogP contribution in [0.5, 0.6) is 5.75 Å². The molecule has 0 saturated carbocycles. The van der Waals surface area contributed by atoms with Gasteiger partial charge in [0.15, 0.2) is 0 Å². The molecule has 0 aromatic heterocycles. The van der Waals surface area contributed by atoms with Crippen molar-refractivity contribution >= 4 is 17.9 Å². The van der Waals surface area contributed by atoms with Crippen LogP contribution in [0.2, 0.25) is 0 Å². The molecule has 0 saturated heterocycles. The number of carbonyl (C=O) groups is 3. The number of amides is 3. The zero-order chi connectivity index (χ0) is 27.1. The van der Waals surface area contributed by atoms with E-state index in [1.165, 1.54) is 17.0 Å². The SMILES string of the molecule is CC(C)(C)OC(=O)NC(CO)C(=O)N(C(C(=O)NCc1ccccc1)c1cccc(O)c1)C(C)(C)C. The highest BCUT2D eigenvalue weighted by molar-refractivity contribution is 5.92. The molecule has 0 aliphatic heterocycles. The van der Waals surface area contributed by atoms with Crippen molar-refractivity contribution in [3.63, 3.8) is 0 Å².